The summed E-state index contributed by atoms with van der Waals surface area (Å²) in [5.74, 6) is -2.22. The van der Waals surface area contributed by atoms with E-state index >= 15 is 0 Å². The van der Waals surface area contributed by atoms with E-state index in [9.17, 15) is 19.5 Å². The van der Waals surface area contributed by atoms with E-state index in [2.05, 4.69) is 10.6 Å². The van der Waals surface area contributed by atoms with Crippen molar-refractivity contribution in [1.82, 2.24) is 10.6 Å². The van der Waals surface area contributed by atoms with Gasteiger partial charge in [0.1, 0.15) is 11.7 Å². The molecule has 0 bridgehead atoms. The number of halogens is 1. The van der Waals surface area contributed by atoms with Crippen molar-refractivity contribution in [2.24, 2.45) is 5.92 Å². The Hall–Kier alpha value is -3.12. The highest BCUT2D eigenvalue weighted by atomic mass is 35.5. The normalized spacial score (nSPS) is 12.3. The SMILES string of the molecule is CC(C)C[C@@H](NC(=O)/C(=C\c1ccc(Cl)cc1)NC(=O)c1ccccc1)C(=O)O. The van der Waals surface area contributed by atoms with Gasteiger partial charge in [0, 0.05) is 10.6 Å². The first-order chi connectivity index (χ1) is 13.8. The third-order valence-corrected chi connectivity index (χ3v) is 4.27. The maximum absolute atomic E-state index is 12.8. The molecule has 0 saturated heterocycles. The predicted molar refractivity (Wildman–Crippen MR) is 112 cm³/mol. The summed E-state index contributed by atoms with van der Waals surface area (Å²) >= 11 is 5.89. The number of carbonyl (C=O) groups is 3. The van der Waals surface area contributed by atoms with E-state index in [1.165, 1.54) is 6.08 Å². The van der Waals surface area contributed by atoms with Crippen LogP contribution < -0.4 is 10.6 Å². The molecule has 1 atom stereocenters. The number of benzene rings is 2. The van der Waals surface area contributed by atoms with Crippen molar-refractivity contribution in [1.29, 1.82) is 0 Å². The Bertz CT molecular complexity index is 893. The van der Waals surface area contributed by atoms with E-state index in [0.29, 0.717) is 16.1 Å². The van der Waals surface area contributed by atoms with Gasteiger partial charge in [-0.05, 0) is 48.2 Å². The third-order valence-electron chi connectivity index (χ3n) is 4.02. The highest BCUT2D eigenvalue weighted by Crippen LogP contribution is 2.13. The van der Waals surface area contributed by atoms with Crippen LogP contribution in [0.4, 0.5) is 0 Å². The van der Waals surface area contributed by atoms with Crippen LogP contribution in [0.1, 0.15) is 36.2 Å². The monoisotopic (exact) mass is 414 g/mol. The molecule has 3 N–H and O–H groups in total. The van der Waals surface area contributed by atoms with Gasteiger partial charge in [-0.25, -0.2) is 4.79 Å². The zero-order valence-corrected chi connectivity index (χ0v) is 16.9. The molecule has 0 aliphatic rings. The van der Waals surface area contributed by atoms with Crippen LogP contribution in [0.3, 0.4) is 0 Å². The van der Waals surface area contributed by atoms with E-state index < -0.39 is 23.8 Å². The summed E-state index contributed by atoms with van der Waals surface area (Å²) in [5.41, 5.74) is 0.944. The van der Waals surface area contributed by atoms with Crippen molar-refractivity contribution >= 4 is 35.5 Å². The molecule has 2 amide bonds. The van der Waals surface area contributed by atoms with E-state index in [0.717, 1.165) is 0 Å². The summed E-state index contributed by atoms with van der Waals surface area (Å²) in [6.07, 6.45) is 1.74. The third kappa shape index (κ3) is 7.08. The Morgan fingerprint density at radius 1 is 1.03 bits per heavy atom. The molecule has 0 radical (unpaired) electrons. The number of amides is 2. The quantitative estimate of drug-likeness (QED) is 0.573. The average Bonchev–Trinajstić information content (AvgIpc) is 2.68. The van der Waals surface area contributed by atoms with Crippen LogP contribution in [0, 0.1) is 5.92 Å². The maximum Gasteiger partial charge on any atom is 0.326 e. The van der Waals surface area contributed by atoms with Crippen molar-refractivity contribution in [2.45, 2.75) is 26.3 Å². The van der Waals surface area contributed by atoms with Crippen LogP contribution >= 0.6 is 11.6 Å². The maximum atomic E-state index is 12.8. The number of carboxylic acids is 1. The fourth-order valence-electron chi connectivity index (χ4n) is 2.60. The van der Waals surface area contributed by atoms with Crippen LogP contribution in [0.25, 0.3) is 6.08 Å². The van der Waals surface area contributed by atoms with Gasteiger partial charge in [-0.15, -0.1) is 0 Å². The van der Waals surface area contributed by atoms with Gasteiger partial charge in [-0.3, -0.25) is 9.59 Å². The van der Waals surface area contributed by atoms with Gasteiger partial charge in [0.15, 0.2) is 0 Å². The summed E-state index contributed by atoms with van der Waals surface area (Å²) in [4.78, 5) is 36.8. The molecule has 0 aliphatic heterocycles. The lowest BCUT2D eigenvalue weighted by Crippen LogP contribution is -2.45. The molecule has 0 heterocycles. The first kappa shape index (κ1) is 22.2. The second-order valence-corrected chi connectivity index (χ2v) is 7.36. The van der Waals surface area contributed by atoms with Crippen LogP contribution in [-0.2, 0) is 9.59 Å². The minimum Gasteiger partial charge on any atom is -0.480 e. The zero-order chi connectivity index (χ0) is 21.4. The molecule has 152 valence electrons. The van der Waals surface area contributed by atoms with Gasteiger partial charge >= 0.3 is 5.97 Å². The molecule has 6 nitrogen and oxygen atoms in total. The van der Waals surface area contributed by atoms with E-state index in [4.69, 9.17) is 11.6 Å². The summed E-state index contributed by atoms with van der Waals surface area (Å²) in [6, 6.07) is 14.0. The van der Waals surface area contributed by atoms with Crippen LogP contribution in [0.5, 0.6) is 0 Å². The van der Waals surface area contributed by atoms with Crippen molar-refractivity contribution < 1.29 is 19.5 Å². The van der Waals surface area contributed by atoms with E-state index in [-0.39, 0.29) is 18.0 Å². The first-order valence-corrected chi connectivity index (χ1v) is 9.51. The smallest absolute Gasteiger partial charge is 0.326 e. The van der Waals surface area contributed by atoms with Crippen LogP contribution in [0.2, 0.25) is 5.02 Å². The topological polar surface area (TPSA) is 95.5 Å². The molecule has 29 heavy (non-hydrogen) atoms. The molecular formula is C22H23ClN2O4. The number of aliphatic carboxylic acids is 1. The van der Waals surface area contributed by atoms with E-state index in [1.807, 2.05) is 13.8 Å². The lowest BCUT2D eigenvalue weighted by Gasteiger charge is -2.18. The van der Waals surface area contributed by atoms with Crippen LogP contribution in [0.15, 0.2) is 60.3 Å². The molecule has 2 aromatic carbocycles. The minimum absolute atomic E-state index is 0.0591. The molecule has 0 saturated carbocycles. The van der Waals surface area contributed by atoms with Gasteiger partial charge in [-0.1, -0.05) is 55.8 Å². The molecule has 0 spiro atoms. The molecule has 0 unspecified atom stereocenters. The van der Waals surface area contributed by atoms with Crippen molar-refractivity contribution in [3.63, 3.8) is 0 Å². The highest BCUT2D eigenvalue weighted by molar-refractivity contribution is 6.30. The molecule has 2 rings (SSSR count). The van der Waals surface area contributed by atoms with Gasteiger partial charge in [0.05, 0.1) is 0 Å². The standard InChI is InChI=1S/C22H23ClN2O4/c1-14(2)12-19(22(28)29)25-21(27)18(13-15-8-10-17(23)11-9-15)24-20(26)16-6-4-3-5-7-16/h3-11,13-14,19H,12H2,1-2H3,(H,24,26)(H,25,27)(H,28,29)/b18-13+/t19-/m1/s1. The molecular weight excluding hydrogens is 392 g/mol. The molecule has 0 aromatic heterocycles. The second-order valence-electron chi connectivity index (χ2n) is 6.92. The number of carboxylic acid groups (broad SMARTS) is 1. The van der Waals surface area contributed by atoms with Crippen molar-refractivity contribution in [2.75, 3.05) is 0 Å². The van der Waals surface area contributed by atoms with Gasteiger partial charge in [0.25, 0.3) is 11.8 Å². The fraction of sp³-hybridized carbons (Fsp3) is 0.227. The predicted octanol–water partition coefficient (Wildman–Crippen LogP) is 3.73. The Balaban J connectivity index is 2.30. The largest absolute Gasteiger partial charge is 0.480 e. The van der Waals surface area contributed by atoms with Gasteiger partial charge in [0.2, 0.25) is 0 Å². The Morgan fingerprint density at radius 3 is 2.21 bits per heavy atom. The lowest BCUT2D eigenvalue weighted by molar-refractivity contribution is -0.141. The van der Waals surface area contributed by atoms with Crippen molar-refractivity contribution in [3.05, 3.63) is 76.4 Å². The van der Waals surface area contributed by atoms with Crippen LogP contribution in [-0.4, -0.2) is 28.9 Å². The summed E-state index contributed by atoms with van der Waals surface area (Å²) in [7, 11) is 0. The van der Waals surface area contributed by atoms with Crippen molar-refractivity contribution in [3.8, 4) is 0 Å². The molecule has 0 fully saturated rings. The molecule has 0 aliphatic carbocycles. The number of carbonyl (C=O) groups excluding carboxylic acids is 2. The Kier molecular flexibility index (Phi) is 7.98. The molecule has 7 heteroatoms. The average molecular weight is 415 g/mol. The first-order valence-electron chi connectivity index (χ1n) is 9.13. The number of hydrogen-bond acceptors (Lipinski definition) is 3. The fourth-order valence-corrected chi connectivity index (χ4v) is 2.72. The number of hydrogen-bond donors (Lipinski definition) is 3. The zero-order valence-electron chi connectivity index (χ0n) is 16.2. The Labute approximate surface area is 174 Å². The summed E-state index contributed by atoms with van der Waals surface area (Å²) in [6.45, 7) is 3.73. The minimum atomic E-state index is -1.13. The second kappa shape index (κ2) is 10.4. The summed E-state index contributed by atoms with van der Waals surface area (Å²) in [5, 5.41) is 15.0. The van der Waals surface area contributed by atoms with Gasteiger partial charge < -0.3 is 15.7 Å². The number of rotatable bonds is 8. The Morgan fingerprint density at radius 2 is 1.66 bits per heavy atom. The lowest BCUT2D eigenvalue weighted by atomic mass is 10.0. The van der Waals surface area contributed by atoms with E-state index in [1.54, 1.807) is 54.6 Å². The number of nitrogens with one attached hydrogen (secondary N) is 2. The van der Waals surface area contributed by atoms with Gasteiger partial charge in [-0.2, -0.15) is 0 Å². The summed E-state index contributed by atoms with van der Waals surface area (Å²) < 4.78 is 0. The molecule has 2 aromatic rings. The highest BCUT2D eigenvalue weighted by Gasteiger charge is 2.24.